The van der Waals surface area contributed by atoms with Crippen molar-refractivity contribution in [1.82, 2.24) is 10.3 Å². The van der Waals surface area contributed by atoms with Gasteiger partial charge in [0.2, 0.25) is 0 Å². The number of aromatic nitrogens is 1. The molecule has 2 nitrogen and oxygen atoms in total. The Balaban J connectivity index is 1.84. The summed E-state index contributed by atoms with van der Waals surface area (Å²) < 4.78 is 0. The number of rotatable bonds is 4. The van der Waals surface area contributed by atoms with E-state index in [1.54, 1.807) is 0 Å². The second-order valence-electron chi connectivity index (χ2n) is 4.87. The van der Waals surface area contributed by atoms with Crippen LogP contribution in [0, 0.1) is 19.8 Å². The largest absolute Gasteiger partial charge is 0.309 e. The minimum Gasteiger partial charge on any atom is -0.309 e. The van der Waals surface area contributed by atoms with Gasteiger partial charge in [-0.2, -0.15) is 11.8 Å². The van der Waals surface area contributed by atoms with Crippen LogP contribution in [0.3, 0.4) is 0 Å². The third-order valence-corrected chi connectivity index (χ3v) is 5.69. The van der Waals surface area contributed by atoms with E-state index in [4.69, 9.17) is 0 Å². The van der Waals surface area contributed by atoms with Crippen LogP contribution in [0.4, 0.5) is 0 Å². The average molecular weight is 270 g/mol. The monoisotopic (exact) mass is 270 g/mol. The van der Waals surface area contributed by atoms with E-state index < -0.39 is 0 Å². The lowest BCUT2D eigenvalue weighted by Crippen LogP contribution is -2.27. The van der Waals surface area contributed by atoms with Gasteiger partial charge in [0.15, 0.2) is 0 Å². The van der Waals surface area contributed by atoms with E-state index in [2.05, 4.69) is 42.8 Å². The molecule has 0 saturated carbocycles. The second kappa shape index (κ2) is 6.21. The molecule has 1 aromatic heterocycles. The summed E-state index contributed by atoms with van der Waals surface area (Å²) in [5.74, 6) is 3.58. The molecule has 1 N–H and O–H groups in total. The molecule has 96 valence electrons. The molecule has 1 saturated heterocycles. The van der Waals surface area contributed by atoms with Gasteiger partial charge in [-0.1, -0.05) is 0 Å². The highest BCUT2D eigenvalue weighted by atomic mass is 32.2. The number of thiazole rings is 1. The molecule has 1 fully saturated rings. The topological polar surface area (TPSA) is 24.9 Å². The van der Waals surface area contributed by atoms with Crippen LogP contribution in [-0.2, 0) is 0 Å². The van der Waals surface area contributed by atoms with Crippen molar-refractivity contribution in [2.75, 3.05) is 18.1 Å². The Morgan fingerprint density at radius 1 is 1.35 bits per heavy atom. The molecule has 2 heterocycles. The van der Waals surface area contributed by atoms with Crippen molar-refractivity contribution >= 4 is 23.1 Å². The van der Waals surface area contributed by atoms with Gasteiger partial charge in [0, 0.05) is 10.9 Å². The Morgan fingerprint density at radius 2 is 2.06 bits per heavy atom. The lowest BCUT2D eigenvalue weighted by Gasteiger charge is -2.23. The van der Waals surface area contributed by atoms with Gasteiger partial charge in [-0.15, -0.1) is 11.3 Å². The van der Waals surface area contributed by atoms with Crippen LogP contribution in [-0.4, -0.2) is 23.0 Å². The summed E-state index contributed by atoms with van der Waals surface area (Å²) in [4.78, 5) is 5.91. The number of thioether (sulfide) groups is 1. The summed E-state index contributed by atoms with van der Waals surface area (Å²) in [6.45, 7) is 7.64. The summed E-state index contributed by atoms with van der Waals surface area (Å²) in [6.07, 6.45) is 2.76. The standard InChI is InChI=1S/C13H22N2S2/c1-9(13-10(2)15-11(3)17-13)14-8-12-4-6-16-7-5-12/h9,12,14H,4-8H2,1-3H3. The molecule has 4 heteroatoms. The smallest absolute Gasteiger partial charge is 0.0900 e. The van der Waals surface area contributed by atoms with Crippen molar-refractivity contribution in [2.45, 2.75) is 39.7 Å². The van der Waals surface area contributed by atoms with Crippen LogP contribution in [0.1, 0.15) is 41.4 Å². The maximum atomic E-state index is 4.50. The molecule has 0 amide bonds. The van der Waals surface area contributed by atoms with Gasteiger partial charge < -0.3 is 5.32 Å². The van der Waals surface area contributed by atoms with E-state index in [-0.39, 0.29) is 0 Å². The van der Waals surface area contributed by atoms with E-state index in [0.29, 0.717) is 6.04 Å². The zero-order valence-corrected chi connectivity index (χ0v) is 12.6. The van der Waals surface area contributed by atoms with Crippen molar-refractivity contribution in [3.63, 3.8) is 0 Å². The minimum atomic E-state index is 0.454. The Bertz CT molecular complexity index is 356. The van der Waals surface area contributed by atoms with Gasteiger partial charge in [0.25, 0.3) is 0 Å². The van der Waals surface area contributed by atoms with Crippen molar-refractivity contribution < 1.29 is 0 Å². The lowest BCUT2D eigenvalue weighted by atomic mass is 10.0. The molecule has 17 heavy (non-hydrogen) atoms. The predicted molar refractivity (Wildman–Crippen MR) is 78.1 cm³/mol. The van der Waals surface area contributed by atoms with Crippen molar-refractivity contribution in [3.05, 3.63) is 15.6 Å². The Kier molecular flexibility index (Phi) is 4.88. The van der Waals surface area contributed by atoms with Crippen LogP contribution < -0.4 is 5.32 Å². The Labute approximate surface area is 113 Å². The van der Waals surface area contributed by atoms with Gasteiger partial charge >= 0.3 is 0 Å². The second-order valence-corrected chi connectivity index (χ2v) is 7.33. The van der Waals surface area contributed by atoms with Crippen LogP contribution in [0.15, 0.2) is 0 Å². The van der Waals surface area contributed by atoms with Gasteiger partial charge in [-0.3, -0.25) is 0 Å². The predicted octanol–water partition coefficient (Wildman–Crippen LogP) is 3.55. The molecule has 2 rings (SSSR count). The van der Waals surface area contributed by atoms with Gasteiger partial charge in [0.05, 0.1) is 10.7 Å². The Hall–Kier alpha value is -0.0600. The molecular formula is C13H22N2S2. The van der Waals surface area contributed by atoms with Crippen molar-refractivity contribution in [2.24, 2.45) is 5.92 Å². The third kappa shape index (κ3) is 3.70. The quantitative estimate of drug-likeness (QED) is 0.905. The number of hydrogen-bond acceptors (Lipinski definition) is 4. The Morgan fingerprint density at radius 3 is 2.65 bits per heavy atom. The van der Waals surface area contributed by atoms with Gasteiger partial charge in [-0.25, -0.2) is 4.98 Å². The molecule has 1 unspecified atom stereocenters. The van der Waals surface area contributed by atoms with E-state index in [1.165, 1.54) is 39.9 Å². The first-order valence-corrected chi connectivity index (χ1v) is 8.39. The zero-order valence-electron chi connectivity index (χ0n) is 11.0. The summed E-state index contributed by atoms with van der Waals surface area (Å²) in [5.41, 5.74) is 1.20. The summed E-state index contributed by atoms with van der Waals surface area (Å²) in [5, 5.41) is 4.86. The number of nitrogens with one attached hydrogen (secondary N) is 1. The molecule has 1 aliphatic rings. The SMILES string of the molecule is Cc1nc(C)c(C(C)NCC2CCSCC2)s1. The molecule has 1 atom stereocenters. The molecule has 0 radical (unpaired) electrons. The molecule has 1 aliphatic heterocycles. The average Bonchev–Trinajstić information content (AvgIpc) is 2.67. The number of aryl methyl sites for hydroxylation is 2. The first kappa shape index (κ1) is 13.4. The fourth-order valence-electron chi connectivity index (χ4n) is 2.34. The number of hydrogen-bond donors (Lipinski definition) is 1. The van der Waals surface area contributed by atoms with Gasteiger partial charge in [-0.05, 0) is 57.6 Å². The first-order valence-electron chi connectivity index (χ1n) is 6.42. The number of nitrogens with zero attached hydrogens (tertiary/aromatic N) is 1. The van der Waals surface area contributed by atoms with E-state index in [1.807, 2.05) is 11.3 Å². The molecule has 0 aromatic carbocycles. The molecule has 0 spiro atoms. The molecule has 1 aromatic rings. The normalized spacial score (nSPS) is 19.5. The maximum Gasteiger partial charge on any atom is 0.0900 e. The van der Waals surface area contributed by atoms with Crippen molar-refractivity contribution in [3.8, 4) is 0 Å². The van der Waals surface area contributed by atoms with Crippen LogP contribution in [0.2, 0.25) is 0 Å². The minimum absolute atomic E-state index is 0.454. The highest BCUT2D eigenvalue weighted by Gasteiger charge is 2.17. The van der Waals surface area contributed by atoms with E-state index in [9.17, 15) is 0 Å². The first-order chi connectivity index (χ1) is 8.16. The van der Waals surface area contributed by atoms with Crippen LogP contribution in [0.5, 0.6) is 0 Å². The summed E-state index contributed by atoms with van der Waals surface area (Å²) in [6, 6.07) is 0.454. The van der Waals surface area contributed by atoms with Crippen LogP contribution >= 0.6 is 23.1 Å². The highest BCUT2D eigenvalue weighted by Crippen LogP contribution is 2.26. The molecule has 0 aliphatic carbocycles. The zero-order chi connectivity index (χ0) is 12.3. The van der Waals surface area contributed by atoms with E-state index >= 15 is 0 Å². The van der Waals surface area contributed by atoms with Crippen molar-refractivity contribution in [1.29, 1.82) is 0 Å². The van der Waals surface area contributed by atoms with Gasteiger partial charge in [0.1, 0.15) is 0 Å². The third-order valence-electron chi connectivity index (χ3n) is 3.39. The van der Waals surface area contributed by atoms with Crippen LogP contribution in [0.25, 0.3) is 0 Å². The summed E-state index contributed by atoms with van der Waals surface area (Å²) >= 11 is 3.93. The highest BCUT2D eigenvalue weighted by molar-refractivity contribution is 7.99. The maximum absolute atomic E-state index is 4.50. The lowest BCUT2D eigenvalue weighted by molar-refractivity contribution is 0.422. The fourth-order valence-corrected chi connectivity index (χ4v) is 4.49. The molecular weight excluding hydrogens is 248 g/mol. The summed E-state index contributed by atoms with van der Waals surface area (Å²) in [7, 11) is 0. The fraction of sp³-hybridized carbons (Fsp3) is 0.769. The molecule has 0 bridgehead atoms. The van der Waals surface area contributed by atoms with E-state index in [0.717, 1.165) is 12.5 Å².